The van der Waals surface area contributed by atoms with E-state index < -0.39 is 0 Å². The van der Waals surface area contributed by atoms with Crippen LogP contribution in [0.2, 0.25) is 0 Å². The molecule has 0 aromatic heterocycles. The van der Waals surface area contributed by atoms with E-state index in [-0.39, 0.29) is 12.1 Å². The molecule has 0 saturated carbocycles. The molecule has 2 rings (SSSR count). The van der Waals surface area contributed by atoms with E-state index in [9.17, 15) is 4.79 Å². The molecule has 3 nitrogen and oxygen atoms in total. The molecule has 0 bridgehead atoms. The Morgan fingerprint density at radius 2 is 2.19 bits per heavy atom. The monoisotopic (exact) mass is 219 g/mol. The second-order valence-corrected chi connectivity index (χ2v) is 4.07. The zero-order valence-corrected chi connectivity index (χ0v) is 9.53. The summed E-state index contributed by atoms with van der Waals surface area (Å²) in [7, 11) is 0. The standard InChI is InChI=1S/C13H17NO2/c1-2-16-13(15)14-12-8-7-10-5-3-4-6-11(10)9-12/h3-6,12H,2,7-9H2,1H3,(H,14,15)/t12-/m1/s1. The van der Waals surface area contributed by atoms with Gasteiger partial charge in [0.15, 0.2) is 0 Å². The smallest absolute Gasteiger partial charge is 0.407 e. The Balaban J connectivity index is 1.95. The second-order valence-electron chi connectivity index (χ2n) is 4.07. The Bertz CT molecular complexity index is 376. The van der Waals surface area contributed by atoms with E-state index in [2.05, 4.69) is 23.5 Å². The van der Waals surface area contributed by atoms with Crippen LogP contribution in [0, 0.1) is 0 Å². The summed E-state index contributed by atoms with van der Waals surface area (Å²) in [6, 6.07) is 8.63. The molecule has 1 aliphatic rings. The van der Waals surface area contributed by atoms with Gasteiger partial charge in [-0.1, -0.05) is 24.3 Å². The number of rotatable bonds is 2. The van der Waals surface area contributed by atoms with E-state index in [1.807, 2.05) is 13.0 Å². The van der Waals surface area contributed by atoms with E-state index in [0.717, 1.165) is 19.3 Å². The molecule has 0 saturated heterocycles. The number of alkyl carbamates (subject to hydrolysis) is 1. The van der Waals surface area contributed by atoms with Crippen LogP contribution in [0.25, 0.3) is 0 Å². The first-order valence-corrected chi connectivity index (χ1v) is 5.79. The topological polar surface area (TPSA) is 38.3 Å². The van der Waals surface area contributed by atoms with Gasteiger partial charge in [-0.3, -0.25) is 0 Å². The Morgan fingerprint density at radius 3 is 2.94 bits per heavy atom. The van der Waals surface area contributed by atoms with Gasteiger partial charge in [-0.25, -0.2) is 4.79 Å². The molecule has 0 fully saturated rings. The zero-order valence-electron chi connectivity index (χ0n) is 9.53. The first-order chi connectivity index (χ1) is 7.79. The predicted molar refractivity (Wildman–Crippen MR) is 62.4 cm³/mol. The van der Waals surface area contributed by atoms with E-state index >= 15 is 0 Å². The number of amides is 1. The molecule has 0 unspecified atom stereocenters. The fraction of sp³-hybridized carbons (Fsp3) is 0.462. The number of ether oxygens (including phenoxy) is 1. The SMILES string of the molecule is CCOC(=O)N[C@@H]1CCc2ccccc2C1. The maximum atomic E-state index is 11.3. The van der Waals surface area contributed by atoms with Gasteiger partial charge >= 0.3 is 6.09 Å². The van der Waals surface area contributed by atoms with Crippen LogP contribution in [0.5, 0.6) is 0 Å². The third kappa shape index (κ3) is 2.54. The van der Waals surface area contributed by atoms with Gasteiger partial charge in [0.2, 0.25) is 0 Å². The number of hydrogen-bond acceptors (Lipinski definition) is 2. The van der Waals surface area contributed by atoms with Crippen LogP contribution in [0.3, 0.4) is 0 Å². The predicted octanol–water partition coefficient (Wildman–Crippen LogP) is 2.29. The molecule has 0 radical (unpaired) electrons. The summed E-state index contributed by atoms with van der Waals surface area (Å²) in [5, 5.41) is 2.90. The average molecular weight is 219 g/mol. The van der Waals surface area contributed by atoms with Crippen molar-refractivity contribution in [3.8, 4) is 0 Å². The minimum atomic E-state index is -0.299. The van der Waals surface area contributed by atoms with Gasteiger partial charge in [-0.2, -0.15) is 0 Å². The average Bonchev–Trinajstić information content (AvgIpc) is 2.29. The molecule has 1 aromatic carbocycles. The minimum Gasteiger partial charge on any atom is -0.450 e. The van der Waals surface area contributed by atoms with Gasteiger partial charge < -0.3 is 10.1 Å². The molecule has 1 amide bonds. The quantitative estimate of drug-likeness (QED) is 0.828. The molecule has 1 aliphatic carbocycles. The summed E-state index contributed by atoms with van der Waals surface area (Å²) in [4.78, 5) is 11.3. The molecule has 86 valence electrons. The van der Waals surface area contributed by atoms with E-state index in [1.54, 1.807) is 0 Å². The Kier molecular flexibility index (Phi) is 3.44. The Labute approximate surface area is 95.8 Å². The molecule has 3 heteroatoms. The largest absolute Gasteiger partial charge is 0.450 e. The molecule has 1 atom stereocenters. The van der Waals surface area contributed by atoms with Crippen molar-refractivity contribution < 1.29 is 9.53 Å². The summed E-state index contributed by atoms with van der Waals surface area (Å²) in [6.45, 7) is 2.24. The lowest BCUT2D eigenvalue weighted by atomic mass is 9.88. The highest BCUT2D eigenvalue weighted by Gasteiger charge is 2.19. The van der Waals surface area contributed by atoms with E-state index in [1.165, 1.54) is 11.1 Å². The number of aryl methyl sites for hydroxylation is 1. The van der Waals surface area contributed by atoms with E-state index in [4.69, 9.17) is 4.74 Å². The van der Waals surface area contributed by atoms with Crippen molar-refractivity contribution in [3.05, 3.63) is 35.4 Å². The molecule has 0 aliphatic heterocycles. The number of carbonyl (C=O) groups excluding carboxylic acids is 1. The number of carbonyl (C=O) groups is 1. The molecule has 1 N–H and O–H groups in total. The maximum absolute atomic E-state index is 11.3. The zero-order chi connectivity index (χ0) is 11.4. The maximum Gasteiger partial charge on any atom is 0.407 e. The van der Waals surface area contributed by atoms with Gasteiger partial charge in [0.05, 0.1) is 6.61 Å². The first-order valence-electron chi connectivity index (χ1n) is 5.79. The van der Waals surface area contributed by atoms with Crippen molar-refractivity contribution in [2.75, 3.05) is 6.61 Å². The van der Waals surface area contributed by atoms with Crippen LogP contribution in [0.15, 0.2) is 24.3 Å². The van der Waals surface area contributed by atoms with Crippen molar-refractivity contribution in [1.82, 2.24) is 5.32 Å². The summed E-state index contributed by atoms with van der Waals surface area (Å²) in [5.74, 6) is 0. The third-order valence-corrected chi connectivity index (χ3v) is 2.94. The lowest BCUT2D eigenvalue weighted by Crippen LogP contribution is -2.39. The Morgan fingerprint density at radius 1 is 1.44 bits per heavy atom. The number of nitrogens with one attached hydrogen (secondary N) is 1. The molecule has 0 spiro atoms. The molecule has 16 heavy (non-hydrogen) atoms. The van der Waals surface area contributed by atoms with Gasteiger partial charge in [0.1, 0.15) is 0 Å². The van der Waals surface area contributed by atoms with Crippen LogP contribution in [0.1, 0.15) is 24.5 Å². The molecular weight excluding hydrogens is 202 g/mol. The Hall–Kier alpha value is -1.51. The molecular formula is C13H17NO2. The normalized spacial score (nSPS) is 18.7. The van der Waals surface area contributed by atoms with Gasteiger partial charge in [0, 0.05) is 6.04 Å². The van der Waals surface area contributed by atoms with Crippen molar-refractivity contribution in [2.45, 2.75) is 32.2 Å². The highest BCUT2D eigenvalue weighted by Crippen LogP contribution is 2.20. The highest BCUT2D eigenvalue weighted by atomic mass is 16.5. The number of hydrogen-bond donors (Lipinski definition) is 1. The van der Waals surface area contributed by atoms with Crippen LogP contribution in [-0.4, -0.2) is 18.7 Å². The fourth-order valence-electron chi connectivity index (χ4n) is 2.16. The number of benzene rings is 1. The van der Waals surface area contributed by atoms with Gasteiger partial charge in [-0.15, -0.1) is 0 Å². The lowest BCUT2D eigenvalue weighted by molar-refractivity contribution is 0.147. The fourth-order valence-corrected chi connectivity index (χ4v) is 2.16. The summed E-state index contributed by atoms with van der Waals surface area (Å²) in [5.41, 5.74) is 2.75. The molecule has 1 aromatic rings. The highest BCUT2D eigenvalue weighted by molar-refractivity contribution is 5.67. The summed E-state index contributed by atoms with van der Waals surface area (Å²) >= 11 is 0. The first kappa shape index (κ1) is 11.0. The van der Waals surface area contributed by atoms with Crippen molar-refractivity contribution >= 4 is 6.09 Å². The van der Waals surface area contributed by atoms with Gasteiger partial charge in [-0.05, 0) is 37.3 Å². The second kappa shape index (κ2) is 5.01. The van der Waals surface area contributed by atoms with Crippen molar-refractivity contribution in [2.24, 2.45) is 0 Å². The van der Waals surface area contributed by atoms with Crippen LogP contribution in [-0.2, 0) is 17.6 Å². The van der Waals surface area contributed by atoms with Crippen LogP contribution >= 0.6 is 0 Å². The number of fused-ring (bicyclic) bond motifs is 1. The minimum absolute atomic E-state index is 0.217. The van der Waals surface area contributed by atoms with Crippen LogP contribution < -0.4 is 5.32 Å². The lowest BCUT2D eigenvalue weighted by Gasteiger charge is -2.24. The van der Waals surface area contributed by atoms with Crippen molar-refractivity contribution in [3.63, 3.8) is 0 Å². The summed E-state index contributed by atoms with van der Waals surface area (Å²) in [6.07, 6.45) is 2.64. The van der Waals surface area contributed by atoms with Gasteiger partial charge in [0.25, 0.3) is 0 Å². The van der Waals surface area contributed by atoms with Crippen LogP contribution in [0.4, 0.5) is 4.79 Å². The third-order valence-electron chi connectivity index (χ3n) is 2.94. The molecule has 0 heterocycles. The van der Waals surface area contributed by atoms with E-state index in [0.29, 0.717) is 6.61 Å². The summed E-state index contributed by atoms with van der Waals surface area (Å²) < 4.78 is 4.88. The van der Waals surface area contributed by atoms with Crippen molar-refractivity contribution in [1.29, 1.82) is 0 Å².